The Labute approximate surface area is 92.8 Å². The summed E-state index contributed by atoms with van der Waals surface area (Å²) in [5.41, 5.74) is 1.53. The van der Waals surface area contributed by atoms with Gasteiger partial charge in [-0.3, -0.25) is 9.89 Å². The number of carbonyl (C=O) groups is 1. The Morgan fingerprint density at radius 2 is 2.38 bits per heavy atom. The van der Waals surface area contributed by atoms with E-state index < -0.39 is 6.10 Å². The van der Waals surface area contributed by atoms with E-state index in [-0.39, 0.29) is 5.91 Å². The van der Waals surface area contributed by atoms with Gasteiger partial charge in [-0.25, -0.2) is 0 Å². The summed E-state index contributed by atoms with van der Waals surface area (Å²) in [6.45, 7) is 1.70. The molecule has 0 saturated carbocycles. The van der Waals surface area contributed by atoms with E-state index in [2.05, 4.69) is 15.5 Å². The van der Waals surface area contributed by atoms with E-state index in [9.17, 15) is 4.79 Å². The fourth-order valence-corrected chi connectivity index (χ4v) is 1.41. The van der Waals surface area contributed by atoms with Crippen LogP contribution >= 0.6 is 0 Å². The average molecular weight is 219 g/mol. The van der Waals surface area contributed by atoms with Crippen molar-refractivity contribution < 1.29 is 9.53 Å². The first-order valence-corrected chi connectivity index (χ1v) is 4.98. The van der Waals surface area contributed by atoms with Gasteiger partial charge in [0.1, 0.15) is 6.10 Å². The van der Waals surface area contributed by atoms with Crippen LogP contribution in [0.3, 0.4) is 0 Å². The minimum atomic E-state index is -0.474. The highest BCUT2D eigenvalue weighted by atomic mass is 16.5. The predicted octanol–water partition coefficient (Wildman–Crippen LogP) is 1.54. The molecule has 1 heterocycles. The maximum atomic E-state index is 11.6. The average Bonchev–Trinajstić information content (AvgIpc) is 2.77. The summed E-state index contributed by atoms with van der Waals surface area (Å²) in [5.74, 6) is -0.176. The van der Waals surface area contributed by atoms with E-state index in [0.717, 1.165) is 10.9 Å². The van der Waals surface area contributed by atoms with E-state index in [1.807, 2.05) is 18.2 Å². The third kappa shape index (κ3) is 1.90. The number of rotatable bonds is 3. The van der Waals surface area contributed by atoms with Gasteiger partial charge in [-0.1, -0.05) is 12.1 Å². The summed E-state index contributed by atoms with van der Waals surface area (Å²) in [6.07, 6.45) is 1.24. The Morgan fingerprint density at radius 1 is 1.56 bits per heavy atom. The van der Waals surface area contributed by atoms with Crippen LogP contribution in [0.4, 0.5) is 5.69 Å². The molecule has 5 heteroatoms. The zero-order valence-corrected chi connectivity index (χ0v) is 9.15. The van der Waals surface area contributed by atoms with Gasteiger partial charge >= 0.3 is 0 Å². The summed E-state index contributed by atoms with van der Waals surface area (Å²) >= 11 is 0. The molecule has 0 saturated heterocycles. The number of nitrogens with one attached hydrogen (secondary N) is 2. The van der Waals surface area contributed by atoms with Gasteiger partial charge in [0.15, 0.2) is 0 Å². The van der Waals surface area contributed by atoms with Crippen LogP contribution in [0.25, 0.3) is 10.9 Å². The lowest BCUT2D eigenvalue weighted by atomic mass is 10.2. The number of aromatic nitrogens is 2. The SMILES string of the molecule is COC(C)C(=O)Nc1cccc2cn[nH]c12. The fraction of sp³-hybridized carbons (Fsp3) is 0.273. The lowest BCUT2D eigenvalue weighted by Crippen LogP contribution is -2.26. The number of carbonyl (C=O) groups excluding carboxylic acids is 1. The first-order chi connectivity index (χ1) is 7.72. The number of hydrogen-bond donors (Lipinski definition) is 2. The second-order valence-corrected chi connectivity index (χ2v) is 3.51. The summed E-state index contributed by atoms with van der Waals surface area (Å²) in [5, 5.41) is 10.5. The Morgan fingerprint density at radius 3 is 3.12 bits per heavy atom. The van der Waals surface area contributed by atoms with Gasteiger partial charge in [-0.2, -0.15) is 5.10 Å². The van der Waals surface area contributed by atoms with Gasteiger partial charge < -0.3 is 10.1 Å². The van der Waals surface area contributed by atoms with Crippen molar-refractivity contribution in [2.24, 2.45) is 0 Å². The van der Waals surface area contributed by atoms with Gasteiger partial charge in [0, 0.05) is 12.5 Å². The summed E-state index contributed by atoms with van der Waals surface area (Å²) in [4.78, 5) is 11.6. The highest BCUT2D eigenvalue weighted by Crippen LogP contribution is 2.20. The molecule has 84 valence electrons. The molecule has 0 fully saturated rings. The number of methoxy groups -OCH3 is 1. The number of para-hydroxylation sites is 1. The number of nitrogens with zero attached hydrogens (tertiary/aromatic N) is 1. The third-order valence-corrected chi connectivity index (χ3v) is 2.46. The number of ether oxygens (including phenoxy) is 1. The Bertz CT molecular complexity index is 507. The molecule has 0 aliphatic carbocycles. The molecule has 0 aliphatic heterocycles. The van der Waals surface area contributed by atoms with Crippen molar-refractivity contribution in [2.45, 2.75) is 13.0 Å². The number of fused-ring (bicyclic) bond motifs is 1. The van der Waals surface area contributed by atoms with E-state index >= 15 is 0 Å². The van der Waals surface area contributed by atoms with E-state index in [4.69, 9.17) is 4.74 Å². The molecule has 5 nitrogen and oxygen atoms in total. The van der Waals surface area contributed by atoms with Crippen molar-refractivity contribution in [3.05, 3.63) is 24.4 Å². The van der Waals surface area contributed by atoms with Gasteiger partial charge in [0.2, 0.25) is 0 Å². The number of hydrogen-bond acceptors (Lipinski definition) is 3. The monoisotopic (exact) mass is 219 g/mol. The molecule has 2 aromatic rings. The van der Waals surface area contributed by atoms with Crippen LogP contribution in [-0.2, 0) is 9.53 Å². The zero-order chi connectivity index (χ0) is 11.5. The third-order valence-electron chi connectivity index (χ3n) is 2.46. The van der Waals surface area contributed by atoms with Gasteiger partial charge in [-0.15, -0.1) is 0 Å². The van der Waals surface area contributed by atoms with Crippen molar-refractivity contribution >= 4 is 22.5 Å². The second kappa shape index (κ2) is 4.32. The minimum absolute atomic E-state index is 0.176. The van der Waals surface area contributed by atoms with Gasteiger partial charge in [0.05, 0.1) is 17.4 Å². The van der Waals surface area contributed by atoms with Crippen molar-refractivity contribution in [1.82, 2.24) is 10.2 Å². The number of benzene rings is 1. The lowest BCUT2D eigenvalue weighted by Gasteiger charge is -2.10. The van der Waals surface area contributed by atoms with Crippen LogP contribution in [0.2, 0.25) is 0 Å². The fourth-order valence-electron chi connectivity index (χ4n) is 1.41. The molecule has 0 aliphatic rings. The van der Waals surface area contributed by atoms with Crippen LogP contribution in [0.5, 0.6) is 0 Å². The molecule has 0 bridgehead atoms. The first-order valence-electron chi connectivity index (χ1n) is 4.98. The van der Waals surface area contributed by atoms with Gasteiger partial charge in [-0.05, 0) is 13.0 Å². The van der Waals surface area contributed by atoms with Crippen LogP contribution in [0.15, 0.2) is 24.4 Å². The van der Waals surface area contributed by atoms with Crippen LogP contribution in [-0.4, -0.2) is 29.3 Å². The molecule has 1 aromatic heterocycles. The second-order valence-electron chi connectivity index (χ2n) is 3.51. The maximum Gasteiger partial charge on any atom is 0.253 e. The Kier molecular flexibility index (Phi) is 2.87. The van der Waals surface area contributed by atoms with E-state index in [0.29, 0.717) is 5.69 Å². The number of aromatic amines is 1. The molecular weight excluding hydrogens is 206 g/mol. The smallest absolute Gasteiger partial charge is 0.253 e. The molecule has 2 N–H and O–H groups in total. The molecule has 1 aromatic carbocycles. The van der Waals surface area contributed by atoms with Crippen LogP contribution in [0, 0.1) is 0 Å². The number of anilines is 1. The lowest BCUT2D eigenvalue weighted by molar-refractivity contribution is -0.124. The van der Waals surface area contributed by atoms with Gasteiger partial charge in [0.25, 0.3) is 5.91 Å². The Balaban J connectivity index is 2.27. The number of H-pyrrole nitrogens is 1. The van der Waals surface area contributed by atoms with Crippen molar-refractivity contribution in [3.8, 4) is 0 Å². The summed E-state index contributed by atoms with van der Waals surface area (Å²) in [6, 6.07) is 5.61. The molecular formula is C11H13N3O2. The highest BCUT2D eigenvalue weighted by Gasteiger charge is 2.13. The van der Waals surface area contributed by atoms with Crippen molar-refractivity contribution in [2.75, 3.05) is 12.4 Å². The van der Waals surface area contributed by atoms with E-state index in [1.54, 1.807) is 13.1 Å². The zero-order valence-electron chi connectivity index (χ0n) is 9.15. The summed E-state index contributed by atoms with van der Waals surface area (Å²) in [7, 11) is 1.50. The van der Waals surface area contributed by atoms with E-state index in [1.165, 1.54) is 7.11 Å². The number of amides is 1. The normalized spacial score (nSPS) is 12.6. The maximum absolute atomic E-state index is 11.6. The largest absolute Gasteiger partial charge is 0.372 e. The summed E-state index contributed by atoms with van der Waals surface area (Å²) < 4.78 is 4.94. The highest BCUT2D eigenvalue weighted by molar-refractivity contribution is 6.01. The molecule has 2 rings (SSSR count). The van der Waals surface area contributed by atoms with Crippen molar-refractivity contribution in [3.63, 3.8) is 0 Å². The standard InChI is InChI=1S/C11H13N3O2/c1-7(16-2)11(15)13-9-5-3-4-8-6-12-14-10(8)9/h3-7H,1-2H3,(H,12,14)(H,13,15). The first kappa shape index (κ1) is 10.6. The Hall–Kier alpha value is -1.88. The molecule has 0 radical (unpaired) electrons. The molecule has 1 unspecified atom stereocenters. The molecule has 16 heavy (non-hydrogen) atoms. The quantitative estimate of drug-likeness (QED) is 0.822. The molecule has 1 atom stereocenters. The van der Waals surface area contributed by atoms with Crippen molar-refractivity contribution in [1.29, 1.82) is 0 Å². The minimum Gasteiger partial charge on any atom is -0.372 e. The van der Waals surface area contributed by atoms with Crippen LogP contribution < -0.4 is 5.32 Å². The topological polar surface area (TPSA) is 67.0 Å². The molecule has 1 amide bonds. The predicted molar refractivity (Wildman–Crippen MR) is 61.2 cm³/mol. The molecule has 0 spiro atoms. The van der Waals surface area contributed by atoms with Crippen LogP contribution in [0.1, 0.15) is 6.92 Å².